The van der Waals surface area contributed by atoms with Crippen molar-refractivity contribution in [2.75, 3.05) is 19.7 Å². The van der Waals surface area contributed by atoms with Gasteiger partial charge >= 0.3 is 0 Å². The van der Waals surface area contributed by atoms with Crippen molar-refractivity contribution in [3.8, 4) is 0 Å². The van der Waals surface area contributed by atoms with E-state index in [-0.39, 0.29) is 11.9 Å². The van der Waals surface area contributed by atoms with E-state index in [1.807, 2.05) is 43.3 Å². The van der Waals surface area contributed by atoms with Gasteiger partial charge in [0.15, 0.2) is 0 Å². The van der Waals surface area contributed by atoms with Crippen LogP contribution in [0.1, 0.15) is 47.5 Å². The number of aliphatic hydroxyl groups excluding tert-OH is 1. The molecule has 5 heteroatoms. The minimum Gasteiger partial charge on any atom is -0.467 e. The molecule has 1 aliphatic rings. The molecule has 134 valence electrons. The summed E-state index contributed by atoms with van der Waals surface area (Å²) in [4.78, 5) is 14.7. The van der Waals surface area contributed by atoms with E-state index in [0.29, 0.717) is 18.1 Å². The van der Waals surface area contributed by atoms with Gasteiger partial charge in [-0.15, -0.1) is 0 Å². The number of furan rings is 1. The van der Waals surface area contributed by atoms with Crippen LogP contribution in [0.4, 0.5) is 0 Å². The van der Waals surface area contributed by atoms with Crippen molar-refractivity contribution < 1.29 is 14.3 Å². The average molecular weight is 342 g/mol. The van der Waals surface area contributed by atoms with Gasteiger partial charge in [0.1, 0.15) is 5.76 Å². The molecule has 1 aromatic carbocycles. The lowest BCUT2D eigenvalue weighted by molar-refractivity contribution is 0.0935. The standard InChI is InChI=1S/C20H26N2O3/c1-15(19-3-2-12-25-19)21-20(24)18-6-4-16(5-7-18)13-22-10-8-17(14-23)9-11-22/h2-7,12,15,17,23H,8-11,13-14H2,1H3,(H,21,24). The van der Waals surface area contributed by atoms with E-state index in [2.05, 4.69) is 10.2 Å². The van der Waals surface area contributed by atoms with Gasteiger partial charge in [0.2, 0.25) is 0 Å². The first-order valence-corrected chi connectivity index (χ1v) is 8.92. The predicted molar refractivity (Wildman–Crippen MR) is 96.1 cm³/mol. The fraction of sp³-hybridized carbons (Fsp3) is 0.450. The molecule has 1 aliphatic heterocycles. The van der Waals surface area contributed by atoms with Crippen molar-refractivity contribution >= 4 is 5.91 Å². The van der Waals surface area contributed by atoms with Gasteiger partial charge in [0.05, 0.1) is 12.3 Å². The molecule has 0 aliphatic carbocycles. The molecule has 0 spiro atoms. The van der Waals surface area contributed by atoms with Crippen LogP contribution in [-0.2, 0) is 6.54 Å². The molecule has 2 N–H and O–H groups in total. The lowest BCUT2D eigenvalue weighted by atomic mass is 9.97. The molecule has 1 atom stereocenters. The van der Waals surface area contributed by atoms with Crippen LogP contribution in [0, 0.1) is 5.92 Å². The first kappa shape index (κ1) is 17.7. The minimum atomic E-state index is -0.157. The van der Waals surface area contributed by atoms with Gasteiger partial charge in [0.25, 0.3) is 5.91 Å². The molecule has 0 bridgehead atoms. The van der Waals surface area contributed by atoms with Crippen molar-refractivity contribution in [1.29, 1.82) is 0 Å². The van der Waals surface area contributed by atoms with E-state index < -0.39 is 0 Å². The van der Waals surface area contributed by atoms with Crippen LogP contribution in [0.2, 0.25) is 0 Å². The Morgan fingerprint density at radius 1 is 1.28 bits per heavy atom. The number of amides is 1. The second-order valence-corrected chi connectivity index (χ2v) is 6.81. The summed E-state index contributed by atoms with van der Waals surface area (Å²) < 4.78 is 5.32. The number of hydrogen-bond acceptors (Lipinski definition) is 4. The number of nitrogens with zero attached hydrogens (tertiary/aromatic N) is 1. The van der Waals surface area contributed by atoms with Crippen molar-refractivity contribution in [2.24, 2.45) is 5.92 Å². The zero-order valence-electron chi connectivity index (χ0n) is 14.6. The molecular weight excluding hydrogens is 316 g/mol. The maximum Gasteiger partial charge on any atom is 0.251 e. The number of rotatable bonds is 6. The van der Waals surface area contributed by atoms with E-state index in [1.54, 1.807) is 6.26 Å². The highest BCUT2D eigenvalue weighted by Crippen LogP contribution is 2.19. The maximum atomic E-state index is 12.3. The number of hydrogen-bond donors (Lipinski definition) is 2. The van der Waals surface area contributed by atoms with Crippen LogP contribution >= 0.6 is 0 Å². The minimum absolute atomic E-state index is 0.0980. The monoisotopic (exact) mass is 342 g/mol. The van der Waals surface area contributed by atoms with Gasteiger partial charge in [-0.3, -0.25) is 9.69 Å². The average Bonchev–Trinajstić information content (AvgIpc) is 3.18. The lowest BCUT2D eigenvalue weighted by Crippen LogP contribution is -2.34. The van der Waals surface area contributed by atoms with Crippen molar-refractivity contribution in [3.05, 3.63) is 59.5 Å². The van der Waals surface area contributed by atoms with Gasteiger partial charge in [0, 0.05) is 18.7 Å². The normalized spacial score (nSPS) is 17.4. The topological polar surface area (TPSA) is 65.7 Å². The highest BCUT2D eigenvalue weighted by Gasteiger charge is 2.18. The summed E-state index contributed by atoms with van der Waals surface area (Å²) in [5.41, 5.74) is 1.86. The van der Waals surface area contributed by atoms with Crippen molar-refractivity contribution in [1.82, 2.24) is 10.2 Å². The van der Waals surface area contributed by atoms with Crippen LogP contribution in [0.25, 0.3) is 0 Å². The number of likely N-dealkylation sites (tertiary alicyclic amines) is 1. The fourth-order valence-corrected chi connectivity index (χ4v) is 3.24. The first-order valence-electron chi connectivity index (χ1n) is 8.92. The third-order valence-corrected chi connectivity index (χ3v) is 4.91. The Balaban J connectivity index is 1.52. The molecule has 1 saturated heterocycles. The third-order valence-electron chi connectivity index (χ3n) is 4.91. The first-order chi connectivity index (χ1) is 12.2. The molecule has 1 aromatic heterocycles. The Hall–Kier alpha value is -2.11. The SMILES string of the molecule is CC(NC(=O)c1ccc(CN2CCC(CO)CC2)cc1)c1ccco1. The van der Waals surface area contributed by atoms with E-state index in [4.69, 9.17) is 4.42 Å². The van der Waals surface area contributed by atoms with Gasteiger partial charge in [-0.25, -0.2) is 0 Å². The largest absolute Gasteiger partial charge is 0.467 e. The van der Waals surface area contributed by atoms with Crippen LogP contribution < -0.4 is 5.32 Å². The molecular formula is C20H26N2O3. The molecule has 0 radical (unpaired) electrons. The molecule has 0 saturated carbocycles. The summed E-state index contributed by atoms with van der Waals surface area (Å²) >= 11 is 0. The predicted octanol–water partition coefficient (Wildman–Crippen LogP) is 2.97. The van der Waals surface area contributed by atoms with E-state index >= 15 is 0 Å². The van der Waals surface area contributed by atoms with E-state index in [1.165, 1.54) is 5.56 Å². The van der Waals surface area contributed by atoms with Crippen LogP contribution in [-0.4, -0.2) is 35.6 Å². The van der Waals surface area contributed by atoms with Gasteiger partial charge in [-0.05, 0) is 68.6 Å². The molecule has 2 heterocycles. The Kier molecular flexibility index (Phi) is 5.89. The number of piperidine rings is 1. The fourth-order valence-electron chi connectivity index (χ4n) is 3.24. The quantitative estimate of drug-likeness (QED) is 0.847. The third kappa shape index (κ3) is 4.71. The van der Waals surface area contributed by atoms with Gasteiger partial charge < -0.3 is 14.8 Å². The summed E-state index contributed by atoms with van der Waals surface area (Å²) in [5, 5.41) is 12.2. The molecule has 2 aromatic rings. The van der Waals surface area contributed by atoms with Crippen molar-refractivity contribution in [2.45, 2.75) is 32.4 Å². The highest BCUT2D eigenvalue weighted by molar-refractivity contribution is 5.94. The molecule has 3 rings (SSSR count). The molecule has 1 fully saturated rings. The highest BCUT2D eigenvalue weighted by atomic mass is 16.3. The van der Waals surface area contributed by atoms with Gasteiger partial charge in [-0.1, -0.05) is 12.1 Å². The van der Waals surface area contributed by atoms with Crippen LogP contribution in [0.5, 0.6) is 0 Å². The summed E-state index contributed by atoms with van der Waals surface area (Å²) in [7, 11) is 0. The number of carbonyl (C=O) groups is 1. The lowest BCUT2D eigenvalue weighted by Gasteiger charge is -2.31. The zero-order chi connectivity index (χ0) is 17.6. The Morgan fingerprint density at radius 2 is 2.00 bits per heavy atom. The Labute approximate surface area is 148 Å². The summed E-state index contributed by atoms with van der Waals surface area (Å²) in [6.07, 6.45) is 3.72. The molecule has 1 amide bonds. The number of carbonyl (C=O) groups excluding carboxylic acids is 1. The smallest absolute Gasteiger partial charge is 0.251 e. The van der Waals surface area contributed by atoms with Crippen molar-refractivity contribution in [3.63, 3.8) is 0 Å². The maximum absolute atomic E-state index is 12.3. The van der Waals surface area contributed by atoms with Gasteiger partial charge in [-0.2, -0.15) is 0 Å². The van der Waals surface area contributed by atoms with E-state index in [0.717, 1.165) is 38.2 Å². The second kappa shape index (κ2) is 8.32. The Morgan fingerprint density at radius 3 is 2.60 bits per heavy atom. The number of aliphatic hydroxyl groups is 1. The zero-order valence-corrected chi connectivity index (χ0v) is 14.6. The molecule has 1 unspecified atom stereocenters. The van der Waals surface area contributed by atoms with Crippen LogP contribution in [0.15, 0.2) is 47.1 Å². The molecule has 5 nitrogen and oxygen atoms in total. The summed E-state index contributed by atoms with van der Waals surface area (Å²) in [6, 6.07) is 11.3. The number of benzene rings is 1. The molecule has 25 heavy (non-hydrogen) atoms. The van der Waals surface area contributed by atoms with Crippen LogP contribution in [0.3, 0.4) is 0 Å². The van der Waals surface area contributed by atoms with E-state index in [9.17, 15) is 9.90 Å². The second-order valence-electron chi connectivity index (χ2n) is 6.81. The Bertz CT molecular complexity index is 659. The summed E-state index contributed by atoms with van der Waals surface area (Å²) in [5.74, 6) is 1.11. The number of nitrogens with one attached hydrogen (secondary N) is 1. The summed E-state index contributed by atoms with van der Waals surface area (Å²) in [6.45, 7) is 5.14.